The molecular weight excluding hydrogens is 515 g/mol. The third kappa shape index (κ3) is 5.30. The van der Waals surface area contributed by atoms with Crippen LogP contribution in [0.25, 0.3) is 0 Å². The molecule has 6 nitrogen and oxygen atoms in total. The number of hydrogen-bond donors (Lipinski definition) is 0. The van der Waals surface area contributed by atoms with Gasteiger partial charge in [0.05, 0.1) is 24.1 Å². The van der Waals surface area contributed by atoms with E-state index < -0.39 is 24.0 Å². The predicted octanol–water partition coefficient (Wildman–Crippen LogP) is 6.65. The zero-order valence-corrected chi connectivity index (χ0v) is 24.8. The van der Waals surface area contributed by atoms with Gasteiger partial charge in [-0.1, -0.05) is 50.2 Å². The van der Waals surface area contributed by atoms with E-state index in [4.69, 9.17) is 35.1 Å². The molecule has 1 saturated heterocycles. The third-order valence-corrected chi connectivity index (χ3v) is 9.28. The quantitative estimate of drug-likeness (QED) is 0.207. The number of carbonyl (C=O) groups is 1. The number of ether oxygens (including phenoxy) is 3. The van der Waals surface area contributed by atoms with E-state index >= 15 is 0 Å². The highest BCUT2D eigenvalue weighted by Gasteiger charge is 2.68. The van der Waals surface area contributed by atoms with Crippen molar-refractivity contribution in [1.82, 2.24) is 0 Å². The highest BCUT2D eigenvalue weighted by atomic mass is 35.5. The van der Waals surface area contributed by atoms with Gasteiger partial charge in [-0.25, -0.2) is 4.79 Å². The Labute approximate surface area is 237 Å². The van der Waals surface area contributed by atoms with Crippen molar-refractivity contribution in [3.05, 3.63) is 59.2 Å². The van der Waals surface area contributed by atoms with Crippen LogP contribution in [0, 0.1) is 17.3 Å². The van der Waals surface area contributed by atoms with Crippen LogP contribution in [0.4, 0.5) is 0 Å². The summed E-state index contributed by atoms with van der Waals surface area (Å²) in [4.78, 5) is 13.4. The maximum atomic E-state index is 13.4. The number of esters is 1. The van der Waals surface area contributed by atoms with Gasteiger partial charge in [-0.05, 0) is 81.4 Å². The molecular formula is C31H40BClO6. The molecule has 3 aliphatic carbocycles. The van der Waals surface area contributed by atoms with Gasteiger partial charge in [-0.2, -0.15) is 0 Å². The van der Waals surface area contributed by atoms with Crippen LogP contribution in [0.1, 0.15) is 75.9 Å². The number of methoxy groups -OCH3 is 1. The van der Waals surface area contributed by atoms with Crippen LogP contribution >= 0.6 is 11.6 Å². The lowest BCUT2D eigenvalue weighted by Crippen LogP contribution is -2.65. The van der Waals surface area contributed by atoms with Gasteiger partial charge >= 0.3 is 13.1 Å². The van der Waals surface area contributed by atoms with Crippen molar-refractivity contribution >= 4 is 24.7 Å². The molecule has 8 heteroatoms. The van der Waals surface area contributed by atoms with Crippen LogP contribution in [0.5, 0.6) is 11.5 Å². The highest BCUT2D eigenvalue weighted by Crippen LogP contribution is 2.65. The lowest BCUT2D eigenvalue weighted by atomic mass is 9.43. The normalized spacial score (nSPS) is 27.8. The molecule has 1 aliphatic heterocycles. The maximum absolute atomic E-state index is 13.4. The van der Waals surface area contributed by atoms with Gasteiger partial charge in [0, 0.05) is 0 Å². The number of hydrogen-bond acceptors (Lipinski definition) is 6. The monoisotopic (exact) mass is 554 g/mol. The minimum Gasteiger partial charge on any atom is -0.495 e. The van der Waals surface area contributed by atoms with E-state index in [1.807, 2.05) is 57.2 Å². The third-order valence-electron chi connectivity index (χ3n) is 8.92. The first-order valence-corrected chi connectivity index (χ1v) is 14.3. The second kappa shape index (κ2) is 10.3. The number of carbonyl (C=O) groups excluding carboxylic acids is 1. The maximum Gasteiger partial charge on any atom is 0.477 e. The topological polar surface area (TPSA) is 63.2 Å². The fourth-order valence-corrected chi connectivity index (χ4v) is 7.02. The van der Waals surface area contributed by atoms with Gasteiger partial charge in [0.25, 0.3) is 0 Å². The van der Waals surface area contributed by atoms with Gasteiger partial charge in [-0.3, -0.25) is 0 Å². The van der Waals surface area contributed by atoms with Gasteiger partial charge < -0.3 is 23.5 Å². The van der Waals surface area contributed by atoms with Crippen LogP contribution in [0.2, 0.25) is 0 Å². The first-order valence-electron chi connectivity index (χ1n) is 13.9. The smallest absolute Gasteiger partial charge is 0.477 e. The second-order valence-electron chi connectivity index (χ2n) is 13.0. The fourth-order valence-electron chi connectivity index (χ4n) is 6.74. The van der Waals surface area contributed by atoms with E-state index in [0.717, 1.165) is 17.5 Å². The highest BCUT2D eigenvalue weighted by molar-refractivity contribution is 6.60. The Kier molecular flexibility index (Phi) is 7.49. The molecule has 6 rings (SSSR count). The van der Waals surface area contributed by atoms with Crippen molar-refractivity contribution in [2.45, 2.75) is 90.0 Å². The van der Waals surface area contributed by atoms with Crippen LogP contribution in [0.3, 0.4) is 0 Å². The minimum atomic E-state index is -0.685. The molecule has 2 aromatic rings. The molecule has 0 unspecified atom stereocenters. The zero-order valence-electron chi connectivity index (χ0n) is 24.1. The number of rotatable bonds is 8. The van der Waals surface area contributed by atoms with Crippen molar-refractivity contribution in [3.63, 3.8) is 0 Å². The van der Waals surface area contributed by atoms with Gasteiger partial charge in [0.1, 0.15) is 29.3 Å². The van der Waals surface area contributed by atoms with Crippen LogP contribution in [0.15, 0.2) is 42.5 Å². The Bertz CT molecular complexity index is 1210. The van der Waals surface area contributed by atoms with Crippen LogP contribution in [-0.2, 0) is 27.1 Å². The average Bonchev–Trinajstić information content (AvgIpc) is 3.24. The lowest BCUT2D eigenvalue weighted by molar-refractivity contribution is -0.199. The van der Waals surface area contributed by atoms with Crippen LogP contribution < -0.4 is 9.47 Å². The molecule has 4 aliphatic rings. The summed E-state index contributed by atoms with van der Waals surface area (Å²) in [5.74, 6) is 1.40. The molecule has 0 N–H and O–H groups in total. The zero-order chi connectivity index (χ0) is 28.2. The first-order chi connectivity index (χ1) is 18.3. The van der Waals surface area contributed by atoms with E-state index in [1.54, 1.807) is 13.2 Å². The SMILES string of the molecule is COc1c(C[C@@H](Cl)B2O[C@@H]3C[C@@H]4C[C@@H](C4(C)C)[C@]3(C)O2)ccc(OCc2ccccc2)c1C(=O)OC(C)(C)C. The molecule has 210 valence electrons. The second-order valence-corrected chi connectivity index (χ2v) is 13.5. The summed E-state index contributed by atoms with van der Waals surface area (Å²) < 4.78 is 30.7. The van der Waals surface area contributed by atoms with Crippen molar-refractivity contribution in [3.8, 4) is 11.5 Å². The van der Waals surface area contributed by atoms with Crippen molar-refractivity contribution in [1.29, 1.82) is 0 Å². The van der Waals surface area contributed by atoms with Crippen LogP contribution in [-0.4, -0.2) is 42.8 Å². The Morgan fingerprint density at radius 3 is 2.49 bits per heavy atom. The summed E-state index contributed by atoms with van der Waals surface area (Å²) in [5.41, 5.74) is 1.24. The summed E-state index contributed by atoms with van der Waals surface area (Å²) in [6.45, 7) is 12.7. The van der Waals surface area contributed by atoms with Gasteiger partial charge in [0.2, 0.25) is 0 Å². The molecule has 5 atom stereocenters. The minimum absolute atomic E-state index is 0.0495. The van der Waals surface area contributed by atoms with Crippen molar-refractivity contribution in [2.24, 2.45) is 17.3 Å². The number of alkyl halides is 1. The summed E-state index contributed by atoms with van der Waals surface area (Å²) >= 11 is 6.98. The summed E-state index contributed by atoms with van der Waals surface area (Å²) in [6.07, 6.45) is 2.62. The first kappa shape index (κ1) is 28.3. The molecule has 3 saturated carbocycles. The Morgan fingerprint density at radius 2 is 1.85 bits per heavy atom. The lowest BCUT2D eigenvalue weighted by Gasteiger charge is -2.64. The Hall–Kier alpha value is -2.22. The van der Waals surface area contributed by atoms with Gasteiger partial charge in [0.15, 0.2) is 0 Å². The molecule has 39 heavy (non-hydrogen) atoms. The standard InChI is InChI=1S/C31H40BClO6/c1-29(2,3)37-28(34)26-22(36-18-19-11-9-8-10-12-19)14-13-20(27(26)35-7)15-25(33)32-38-24-17-21-16-23(30(21,4)5)31(24,6)39-32/h8-14,21,23-25H,15-18H2,1-7H3/t21-,23-,24+,25+,31-/m0/s1. The average molecular weight is 555 g/mol. The summed E-state index contributed by atoms with van der Waals surface area (Å²) in [5, 5.41) is -0.468. The van der Waals surface area contributed by atoms with Gasteiger partial charge in [-0.15, -0.1) is 11.6 Å². The summed E-state index contributed by atoms with van der Waals surface area (Å²) in [6, 6.07) is 13.5. The molecule has 0 radical (unpaired) electrons. The predicted molar refractivity (Wildman–Crippen MR) is 152 cm³/mol. The molecule has 2 aromatic carbocycles. The molecule has 0 aromatic heterocycles. The Morgan fingerprint density at radius 1 is 1.13 bits per heavy atom. The molecule has 0 spiro atoms. The van der Waals surface area contributed by atoms with E-state index in [9.17, 15) is 4.79 Å². The number of halogens is 1. The van der Waals surface area contributed by atoms with E-state index in [-0.39, 0.29) is 22.7 Å². The molecule has 2 bridgehead atoms. The van der Waals surface area contributed by atoms with E-state index in [1.165, 1.54) is 6.42 Å². The number of benzene rings is 2. The molecule has 1 heterocycles. The van der Waals surface area contributed by atoms with Crippen molar-refractivity contribution < 1.29 is 28.3 Å². The van der Waals surface area contributed by atoms with Crippen molar-refractivity contribution in [2.75, 3.05) is 7.11 Å². The van der Waals surface area contributed by atoms with E-state index in [2.05, 4.69) is 20.8 Å². The molecule has 4 fully saturated rings. The Balaban J connectivity index is 1.39. The molecule has 0 amide bonds. The summed E-state index contributed by atoms with van der Waals surface area (Å²) in [7, 11) is 1.00. The van der Waals surface area contributed by atoms with E-state index in [0.29, 0.717) is 36.4 Å². The fraction of sp³-hybridized carbons (Fsp3) is 0.581. The largest absolute Gasteiger partial charge is 0.495 e.